The SMILES string of the molecule is CC1CCC(CN)(NS(=O)(=O)CCc2ccccc2)CC1. The third kappa shape index (κ3) is 4.80. The second-order valence-electron chi connectivity index (χ2n) is 6.32. The molecule has 0 atom stereocenters. The molecule has 5 heteroatoms. The molecule has 0 radical (unpaired) electrons. The van der Waals surface area contributed by atoms with Crippen LogP contribution in [0.15, 0.2) is 30.3 Å². The van der Waals surface area contributed by atoms with Crippen molar-refractivity contribution in [3.05, 3.63) is 35.9 Å². The summed E-state index contributed by atoms with van der Waals surface area (Å²) in [6.07, 6.45) is 4.30. The molecule has 0 aliphatic heterocycles. The Morgan fingerprint density at radius 1 is 1.24 bits per heavy atom. The molecule has 1 aliphatic carbocycles. The second-order valence-corrected chi connectivity index (χ2v) is 8.17. The van der Waals surface area contributed by atoms with E-state index in [2.05, 4.69) is 11.6 Å². The zero-order valence-electron chi connectivity index (χ0n) is 12.7. The zero-order valence-corrected chi connectivity index (χ0v) is 13.5. The Bertz CT molecular complexity index is 535. The Hall–Kier alpha value is -0.910. The fourth-order valence-corrected chi connectivity index (χ4v) is 4.49. The Balaban J connectivity index is 1.96. The van der Waals surface area contributed by atoms with Gasteiger partial charge in [0.05, 0.1) is 5.75 Å². The number of nitrogens with one attached hydrogen (secondary N) is 1. The van der Waals surface area contributed by atoms with Crippen LogP contribution in [0.2, 0.25) is 0 Å². The van der Waals surface area contributed by atoms with E-state index in [1.807, 2.05) is 30.3 Å². The molecule has 1 aliphatic rings. The van der Waals surface area contributed by atoms with Gasteiger partial charge in [0, 0.05) is 12.1 Å². The van der Waals surface area contributed by atoms with Gasteiger partial charge >= 0.3 is 0 Å². The van der Waals surface area contributed by atoms with Gasteiger partial charge in [-0.2, -0.15) is 0 Å². The quantitative estimate of drug-likeness (QED) is 0.845. The van der Waals surface area contributed by atoms with Crippen LogP contribution in [-0.2, 0) is 16.4 Å². The predicted octanol–water partition coefficient (Wildman–Crippen LogP) is 2.06. The van der Waals surface area contributed by atoms with E-state index >= 15 is 0 Å². The summed E-state index contributed by atoms with van der Waals surface area (Å²) in [5.74, 6) is 0.785. The third-order valence-corrected chi connectivity index (χ3v) is 5.98. The van der Waals surface area contributed by atoms with Crippen LogP contribution in [0.4, 0.5) is 0 Å². The summed E-state index contributed by atoms with van der Waals surface area (Å²) in [5.41, 5.74) is 6.49. The average Bonchev–Trinajstić information content (AvgIpc) is 2.49. The Morgan fingerprint density at radius 3 is 2.43 bits per heavy atom. The zero-order chi connectivity index (χ0) is 15.3. The van der Waals surface area contributed by atoms with Crippen molar-refractivity contribution in [2.45, 2.75) is 44.6 Å². The number of hydrogen-bond donors (Lipinski definition) is 2. The molecule has 0 aromatic heterocycles. The molecule has 1 saturated carbocycles. The van der Waals surface area contributed by atoms with Crippen molar-refractivity contribution in [2.75, 3.05) is 12.3 Å². The van der Waals surface area contributed by atoms with Crippen molar-refractivity contribution in [3.63, 3.8) is 0 Å². The van der Waals surface area contributed by atoms with Gasteiger partial charge in [-0.05, 0) is 43.6 Å². The highest BCUT2D eigenvalue weighted by molar-refractivity contribution is 7.89. The lowest BCUT2D eigenvalue weighted by Crippen LogP contribution is -2.55. The lowest BCUT2D eigenvalue weighted by molar-refractivity contribution is 0.231. The van der Waals surface area contributed by atoms with Crippen molar-refractivity contribution in [2.24, 2.45) is 11.7 Å². The maximum atomic E-state index is 12.4. The van der Waals surface area contributed by atoms with Crippen LogP contribution in [0.1, 0.15) is 38.2 Å². The lowest BCUT2D eigenvalue weighted by Gasteiger charge is -2.38. The number of sulfonamides is 1. The van der Waals surface area contributed by atoms with Crippen molar-refractivity contribution in [3.8, 4) is 0 Å². The van der Waals surface area contributed by atoms with Crippen LogP contribution < -0.4 is 10.5 Å². The third-order valence-electron chi connectivity index (χ3n) is 4.50. The van der Waals surface area contributed by atoms with Gasteiger partial charge < -0.3 is 5.73 Å². The molecule has 1 fully saturated rings. The van der Waals surface area contributed by atoms with Crippen molar-refractivity contribution in [1.82, 2.24) is 4.72 Å². The standard InChI is InChI=1S/C16H26N2O2S/c1-14-7-10-16(13-17,11-8-14)18-21(19,20)12-9-15-5-3-2-4-6-15/h2-6,14,18H,7-13,17H2,1H3. The smallest absolute Gasteiger partial charge is 0.212 e. The number of nitrogens with two attached hydrogens (primary N) is 1. The summed E-state index contributed by atoms with van der Waals surface area (Å²) in [6, 6.07) is 9.70. The molecule has 0 heterocycles. The molecule has 0 bridgehead atoms. The first-order valence-corrected chi connectivity index (χ1v) is 9.36. The minimum absolute atomic E-state index is 0.119. The fraction of sp³-hybridized carbons (Fsp3) is 0.625. The van der Waals surface area contributed by atoms with E-state index in [0.29, 0.717) is 18.9 Å². The van der Waals surface area contributed by atoms with Gasteiger partial charge in [0.2, 0.25) is 10.0 Å². The molecule has 0 amide bonds. The summed E-state index contributed by atoms with van der Waals surface area (Å²) >= 11 is 0. The molecular weight excluding hydrogens is 284 g/mol. The number of rotatable bonds is 6. The monoisotopic (exact) mass is 310 g/mol. The molecule has 118 valence electrons. The van der Waals surface area contributed by atoms with E-state index in [-0.39, 0.29) is 5.75 Å². The van der Waals surface area contributed by atoms with Crippen LogP contribution in [-0.4, -0.2) is 26.3 Å². The summed E-state index contributed by atoms with van der Waals surface area (Å²) in [4.78, 5) is 0. The Labute approximate surface area is 128 Å². The van der Waals surface area contributed by atoms with E-state index in [1.165, 1.54) is 0 Å². The van der Waals surface area contributed by atoms with Gasteiger partial charge in [-0.1, -0.05) is 37.3 Å². The molecule has 1 aromatic rings. The highest BCUT2D eigenvalue weighted by atomic mass is 32.2. The number of hydrogen-bond acceptors (Lipinski definition) is 3. The Kier molecular flexibility index (Phi) is 5.41. The van der Waals surface area contributed by atoms with Crippen molar-refractivity contribution in [1.29, 1.82) is 0 Å². The maximum Gasteiger partial charge on any atom is 0.212 e. The first-order chi connectivity index (χ1) is 9.95. The second kappa shape index (κ2) is 6.90. The normalized spacial score (nSPS) is 26.7. The molecule has 0 unspecified atom stereocenters. The first kappa shape index (κ1) is 16.5. The van der Waals surface area contributed by atoms with Crippen LogP contribution in [0.3, 0.4) is 0 Å². The maximum absolute atomic E-state index is 12.4. The van der Waals surface area contributed by atoms with Gasteiger partial charge in [0.15, 0.2) is 0 Å². The van der Waals surface area contributed by atoms with Gasteiger partial charge in [-0.3, -0.25) is 0 Å². The van der Waals surface area contributed by atoms with Crippen molar-refractivity contribution >= 4 is 10.0 Å². The summed E-state index contributed by atoms with van der Waals surface area (Å²) < 4.78 is 27.6. The minimum Gasteiger partial charge on any atom is -0.329 e. The molecule has 2 rings (SSSR count). The average molecular weight is 310 g/mol. The van der Waals surface area contributed by atoms with E-state index < -0.39 is 15.6 Å². The highest BCUT2D eigenvalue weighted by Gasteiger charge is 2.36. The molecule has 3 N–H and O–H groups in total. The topological polar surface area (TPSA) is 72.2 Å². The largest absolute Gasteiger partial charge is 0.329 e. The molecule has 1 aromatic carbocycles. The number of aryl methyl sites for hydroxylation is 1. The van der Waals surface area contributed by atoms with Gasteiger partial charge in [0.1, 0.15) is 0 Å². The van der Waals surface area contributed by atoms with E-state index in [1.54, 1.807) is 0 Å². The lowest BCUT2D eigenvalue weighted by atomic mass is 9.78. The van der Waals surface area contributed by atoms with Crippen LogP contribution >= 0.6 is 0 Å². The molecule has 0 saturated heterocycles. The summed E-state index contributed by atoms with van der Waals surface area (Å²) in [6.45, 7) is 2.59. The van der Waals surface area contributed by atoms with Crippen LogP contribution in [0.5, 0.6) is 0 Å². The predicted molar refractivity (Wildman–Crippen MR) is 86.5 cm³/mol. The molecular formula is C16H26N2O2S. The molecule has 21 heavy (non-hydrogen) atoms. The van der Waals surface area contributed by atoms with Crippen molar-refractivity contribution < 1.29 is 8.42 Å². The Morgan fingerprint density at radius 2 is 1.86 bits per heavy atom. The van der Waals surface area contributed by atoms with E-state index in [9.17, 15) is 8.42 Å². The van der Waals surface area contributed by atoms with E-state index in [4.69, 9.17) is 5.73 Å². The summed E-state index contributed by atoms with van der Waals surface area (Å²) in [5, 5.41) is 0. The van der Waals surface area contributed by atoms with Gasteiger partial charge in [0.25, 0.3) is 0 Å². The summed E-state index contributed by atoms with van der Waals surface area (Å²) in [7, 11) is -3.30. The van der Waals surface area contributed by atoms with Gasteiger partial charge in [-0.25, -0.2) is 13.1 Å². The van der Waals surface area contributed by atoms with E-state index in [0.717, 1.165) is 31.2 Å². The van der Waals surface area contributed by atoms with Crippen LogP contribution in [0, 0.1) is 5.92 Å². The fourth-order valence-electron chi connectivity index (χ4n) is 2.94. The first-order valence-electron chi connectivity index (χ1n) is 7.70. The highest BCUT2D eigenvalue weighted by Crippen LogP contribution is 2.31. The van der Waals surface area contributed by atoms with Crippen LogP contribution in [0.25, 0.3) is 0 Å². The minimum atomic E-state index is -3.30. The number of benzene rings is 1. The van der Waals surface area contributed by atoms with Gasteiger partial charge in [-0.15, -0.1) is 0 Å². The molecule has 0 spiro atoms. The molecule has 4 nitrogen and oxygen atoms in total.